The van der Waals surface area contributed by atoms with Gasteiger partial charge in [-0.3, -0.25) is 0 Å². The molecule has 0 heterocycles. The zero-order valence-corrected chi connectivity index (χ0v) is 13.8. The molecule has 0 aliphatic carbocycles. The van der Waals surface area contributed by atoms with Gasteiger partial charge in [-0.2, -0.15) is 0 Å². The summed E-state index contributed by atoms with van der Waals surface area (Å²) in [5.41, 5.74) is 0.422. The first-order valence-electron chi connectivity index (χ1n) is 6.51. The molecule has 0 aliphatic heterocycles. The molecule has 0 atom stereocenters. The average molecular weight is 370 g/mol. The lowest BCUT2D eigenvalue weighted by molar-refractivity contribution is 0.0734. The largest absolute Gasteiger partial charge is 0.492 e. The van der Waals surface area contributed by atoms with Crippen LogP contribution in [0.25, 0.3) is 0 Å². The van der Waals surface area contributed by atoms with Crippen LogP contribution in [-0.2, 0) is 0 Å². The number of halogens is 2. The van der Waals surface area contributed by atoms with Crippen LogP contribution in [0.15, 0.2) is 46.9 Å². The molecule has 0 bridgehead atoms. The number of ether oxygens (including phenoxy) is 2. The van der Waals surface area contributed by atoms with E-state index in [-0.39, 0.29) is 0 Å². The maximum Gasteiger partial charge on any atom is 0.343 e. The van der Waals surface area contributed by atoms with Crippen LogP contribution in [0, 0.1) is 0 Å². The third kappa shape index (κ3) is 4.22. The normalized spacial score (nSPS) is 10.2. The third-order valence-corrected chi connectivity index (χ3v) is 3.60. The summed E-state index contributed by atoms with van der Waals surface area (Å²) < 4.78 is 11.5. The molecular formula is C16H14BrClO3. The van der Waals surface area contributed by atoms with E-state index in [1.165, 1.54) is 0 Å². The lowest BCUT2D eigenvalue weighted by Gasteiger charge is -2.09. The summed E-state index contributed by atoms with van der Waals surface area (Å²) in [4.78, 5) is 12.1. The predicted octanol–water partition coefficient (Wildman–Crippen LogP) is 5.11. The molecule has 0 saturated carbocycles. The molecule has 5 heteroatoms. The van der Waals surface area contributed by atoms with Crippen LogP contribution in [0.1, 0.15) is 23.7 Å². The zero-order valence-electron chi connectivity index (χ0n) is 11.4. The van der Waals surface area contributed by atoms with Crippen molar-refractivity contribution in [2.75, 3.05) is 6.61 Å². The van der Waals surface area contributed by atoms with Gasteiger partial charge in [0.2, 0.25) is 0 Å². The smallest absolute Gasteiger partial charge is 0.343 e. The lowest BCUT2D eigenvalue weighted by atomic mass is 10.2. The fourth-order valence-corrected chi connectivity index (χ4v) is 2.31. The van der Waals surface area contributed by atoms with Crippen molar-refractivity contribution in [3.8, 4) is 11.5 Å². The minimum atomic E-state index is -0.467. The van der Waals surface area contributed by atoms with Crippen LogP contribution in [0.2, 0.25) is 5.02 Å². The summed E-state index contributed by atoms with van der Waals surface area (Å²) in [5.74, 6) is 0.573. The van der Waals surface area contributed by atoms with Crippen LogP contribution in [-0.4, -0.2) is 12.6 Å². The van der Waals surface area contributed by atoms with Gasteiger partial charge in [0.15, 0.2) is 0 Å². The second-order valence-electron chi connectivity index (χ2n) is 4.31. The van der Waals surface area contributed by atoms with Crippen LogP contribution in [0.5, 0.6) is 11.5 Å². The summed E-state index contributed by atoms with van der Waals surface area (Å²) in [6, 6.07) is 11.9. The Morgan fingerprint density at radius 3 is 2.62 bits per heavy atom. The van der Waals surface area contributed by atoms with Crippen molar-refractivity contribution in [2.24, 2.45) is 0 Å². The van der Waals surface area contributed by atoms with Gasteiger partial charge in [-0.15, -0.1) is 0 Å². The quantitative estimate of drug-likeness (QED) is 0.542. The van der Waals surface area contributed by atoms with Crippen LogP contribution in [0.3, 0.4) is 0 Å². The molecule has 0 radical (unpaired) electrons. The molecule has 0 fully saturated rings. The molecule has 0 amide bonds. The Labute approximate surface area is 137 Å². The van der Waals surface area contributed by atoms with E-state index in [9.17, 15) is 4.79 Å². The number of esters is 1. The molecule has 0 aliphatic rings. The fraction of sp³-hybridized carbons (Fsp3) is 0.188. The van der Waals surface area contributed by atoms with Crippen LogP contribution >= 0.6 is 27.5 Å². The highest BCUT2D eigenvalue weighted by Gasteiger charge is 2.13. The highest BCUT2D eigenvalue weighted by molar-refractivity contribution is 9.10. The number of para-hydroxylation sites is 1. The van der Waals surface area contributed by atoms with Gasteiger partial charge in [-0.25, -0.2) is 4.79 Å². The maximum atomic E-state index is 12.1. The van der Waals surface area contributed by atoms with Crippen molar-refractivity contribution >= 4 is 33.5 Å². The number of rotatable bonds is 5. The second-order valence-corrected chi connectivity index (χ2v) is 5.58. The van der Waals surface area contributed by atoms with E-state index in [0.717, 1.165) is 6.42 Å². The van der Waals surface area contributed by atoms with Gasteiger partial charge < -0.3 is 9.47 Å². The van der Waals surface area contributed by atoms with Crippen LogP contribution < -0.4 is 9.47 Å². The molecule has 3 nitrogen and oxygen atoms in total. The van der Waals surface area contributed by atoms with Gasteiger partial charge in [-0.1, -0.05) is 30.7 Å². The van der Waals surface area contributed by atoms with Gasteiger partial charge in [0.1, 0.15) is 11.5 Å². The molecule has 0 unspecified atom stereocenters. The first-order valence-corrected chi connectivity index (χ1v) is 7.68. The third-order valence-electron chi connectivity index (χ3n) is 2.67. The van der Waals surface area contributed by atoms with Crippen molar-refractivity contribution in [1.29, 1.82) is 0 Å². The van der Waals surface area contributed by atoms with Crippen LogP contribution in [0.4, 0.5) is 0 Å². The van der Waals surface area contributed by atoms with E-state index < -0.39 is 5.97 Å². The number of benzene rings is 2. The molecule has 0 N–H and O–H groups in total. The van der Waals surface area contributed by atoms with Crippen molar-refractivity contribution in [1.82, 2.24) is 0 Å². The van der Waals surface area contributed by atoms with E-state index in [2.05, 4.69) is 15.9 Å². The standard InChI is InChI=1S/C16H14BrClO3/c1-2-9-20-14-8-7-11(10-12(14)17)16(19)21-15-6-4-3-5-13(15)18/h3-8,10H,2,9H2,1H3. The Hall–Kier alpha value is -1.52. The molecule has 0 aromatic heterocycles. The van der Waals surface area contributed by atoms with E-state index in [4.69, 9.17) is 21.1 Å². The van der Waals surface area contributed by atoms with Crippen molar-refractivity contribution < 1.29 is 14.3 Å². The number of carbonyl (C=O) groups excluding carboxylic acids is 1. The molecule has 21 heavy (non-hydrogen) atoms. The minimum absolute atomic E-state index is 0.339. The Bertz CT molecular complexity index is 643. The summed E-state index contributed by atoms with van der Waals surface area (Å²) in [5, 5.41) is 0.396. The van der Waals surface area contributed by atoms with Crippen molar-refractivity contribution in [3.63, 3.8) is 0 Å². The monoisotopic (exact) mass is 368 g/mol. The van der Waals surface area contributed by atoms with Gasteiger partial charge in [0, 0.05) is 0 Å². The number of carbonyl (C=O) groups is 1. The molecule has 110 valence electrons. The molecule has 2 rings (SSSR count). The van der Waals surface area contributed by atoms with Crippen molar-refractivity contribution in [2.45, 2.75) is 13.3 Å². The van der Waals surface area contributed by atoms with Gasteiger partial charge in [0.05, 0.1) is 21.7 Å². The Kier molecular flexibility index (Phi) is 5.65. The Morgan fingerprint density at radius 2 is 1.95 bits per heavy atom. The first kappa shape index (κ1) is 15.9. The maximum absolute atomic E-state index is 12.1. The first-order chi connectivity index (χ1) is 10.1. The highest BCUT2D eigenvalue weighted by atomic mass is 79.9. The van der Waals surface area contributed by atoms with Crippen molar-refractivity contribution in [3.05, 3.63) is 57.5 Å². The predicted molar refractivity (Wildman–Crippen MR) is 86.3 cm³/mol. The van der Waals surface area contributed by atoms with E-state index in [1.807, 2.05) is 6.92 Å². The summed E-state index contributed by atoms with van der Waals surface area (Å²) in [6.07, 6.45) is 0.919. The summed E-state index contributed by atoms with van der Waals surface area (Å²) in [7, 11) is 0. The van der Waals surface area contributed by atoms with E-state index >= 15 is 0 Å². The average Bonchev–Trinajstić information content (AvgIpc) is 2.48. The number of hydrogen-bond donors (Lipinski definition) is 0. The summed E-state index contributed by atoms with van der Waals surface area (Å²) >= 11 is 9.35. The molecule has 2 aromatic carbocycles. The SMILES string of the molecule is CCCOc1ccc(C(=O)Oc2ccccc2Cl)cc1Br. The minimum Gasteiger partial charge on any atom is -0.492 e. The molecule has 2 aromatic rings. The van der Waals surface area contributed by atoms with Gasteiger partial charge >= 0.3 is 5.97 Å². The summed E-state index contributed by atoms with van der Waals surface area (Å²) in [6.45, 7) is 2.66. The van der Waals surface area contributed by atoms with E-state index in [1.54, 1.807) is 42.5 Å². The Balaban J connectivity index is 2.13. The van der Waals surface area contributed by atoms with Gasteiger partial charge in [0.25, 0.3) is 0 Å². The highest BCUT2D eigenvalue weighted by Crippen LogP contribution is 2.28. The molecular weight excluding hydrogens is 356 g/mol. The Morgan fingerprint density at radius 1 is 1.19 bits per heavy atom. The van der Waals surface area contributed by atoms with Gasteiger partial charge in [-0.05, 0) is 52.7 Å². The zero-order chi connectivity index (χ0) is 15.2. The second kappa shape index (κ2) is 7.48. The lowest BCUT2D eigenvalue weighted by Crippen LogP contribution is -2.09. The number of hydrogen-bond acceptors (Lipinski definition) is 3. The fourth-order valence-electron chi connectivity index (χ4n) is 1.64. The van der Waals surface area contributed by atoms with E-state index in [0.29, 0.717) is 33.2 Å². The molecule has 0 spiro atoms. The topological polar surface area (TPSA) is 35.5 Å². The molecule has 0 saturated heterocycles.